The van der Waals surface area contributed by atoms with Gasteiger partial charge in [0.25, 0.3) is 0 Å². The van der Waals surface area contributed by atoms with Gasteiger partial charge in [-0.1, -0.05) is 0 Å². The van der Waals surface area contributed by atoms with Crippen molar-refractivity contribution in [2.24, 2.45) is 0 Å². The molecule has 1 fully saturated rings. The van der Waals surface area contributed by atoms with Crippen LogP contribution in [0, 0.1) is 11.3 Å². The maximum Gasteiger partial charge on any atom is 0.113 e. The van der Waals surface area contributed by atoms with E-state index in [0.717, 1.165) is 24.3 Å². The highest BCUT2D eigenvalue weighted by atomic mass is 16.5. The van der Waals surface area contributed by atoms with Crippen LogP contribution in [0.3, 0.4) is 0 Å². The van der Waals surface area contributed by atoms with E-state index in [2.05, 4.69) is 34.8 Å². The lowest BCUT2D eigenvalue weighted by Crippen LogP contribution is -2.45. The molecule has 2 atom stereocenters. The van der Waals surface area contributed by atoms with Gasteiger partial charge in [-0.05, 0) is 26.0 Å². The average molecular weight is 268 g/mol. The normalized spacial score (nSPS) is 22.8. The molecule has 2 heterocycles. The molecule has 3 rings (SSSR count). The van der Waals surface area contributed by atoms with Gasteiger partial charge in [-0.2, -0.15) is 5.26 Å². The van der Waals surface area contributed by atoms with Crippen molar-refractivity contribution in [3.05, 3.63) is 30.1 Å². The summed E-state index contributed by atoms with van der Waals surface area (Å²) < 4.78 is 5.76. The van der Waals surface area contributed by atoms with Crippen LogP contribution in [0.2, 0.25) is 0 Å². The number of anilines is 1. The summed E-state index contributed by atoms with van der Waals surface area (Å²) in [4.78, 5) is 11.0. The molecule has 1 saturated heterocycles. The van der Waals surface area contributed by atoms with Crippen LogP contribution >= 0.6 is 0 Å². The van der Waals surface area contributed by atoms with Crippen LogP contribution in [-0.2, 0) is 4.74 Å². The number of ether oxygens (including phenoxy) is 1. The predicted molar refractivity (Wildman–Crippen MR) is 76.5 cm³/mol. The first kappa shape index (κ1) is 12.8. The Labute approximate surface area is 117 Å². The summed E-state index contributed by atoms with van der Waals surface area (Å²) >= 11 is 0. The van der Waals surface area contributed by atoms with E-state index < -0.39 is 0 Å². The summed E-state index contributed by atoms with van der Waals surface area (Å²) in [6, 6.07) is 5.95. The molecule has 5 heteroatoms. The van der Waals surface area contributed by atoms with Crippen LogP contribution < -0.4 is 4.90 Å². The van der Waals surface area contributed by atoms with E-state index in [9.17, 15) is 0 Å². The first-order chi connectivity index (χ1) is 9.69. The summed E-state index contributed by atoms with van der Waals surface area (Å²) in [6.07, 6.45) is 3.65. The van der Waals surface area contributed by atoms with Crippen LogP contribution in [-0.4, -0.2) is 35.3 Å². The smallest absolute Gasteiger partial charge is 0.113 e. The van der Waals surface area contributed by atoms with Gasteiger partial charge in [0.2, 0.25) is 0 Å². The van der Waals surface area contributed by atoms with Gasteiger partial charge in [0.1, 0.15) is 17.1 Å². The van der Waals surface area contributed by atoms with E-state index in [-0.39, 0.29) is 12.2 Å². The van der Waals surface area contributed by atoms with Crippen molar-refractivity contribution in [2.45, 2.75) is 26.1 Å². The SMILES string of the molecule is C[C@@H]1CN(c2ccc(C#N)c3nccnc23)C[C@@H](C)O1. The minimum absolute atomic E-state index is 0.182. The molecule has 102 valence electrons. The topological polar surface area (TPSA) is 62.0 Å². The lowest BCUT2D eigenvalue weighted by Gasteiger charge is -2.37. The van der Waals surface area contributed by atoms with E-state index in [1.165, 1.54) is 0 Å². The fourth-order valence-electron chi connectivity index (χ4n) is 2.76. The van der Waals surface area contributed by atoms with Crippen molar-refractivity contribution in [1.82, 2.24) is 9.97 Å². The molecule has 0 N–H and O–H groups in total. The van der Waals surface area contributed by atoms with Crippen molar-refractivity contribution in [3.63, 3.8) is 0 Å². The fourth-order valence-corrected chi connectivity index (χ4v) is 2.76. The Morgan fingerprint density at radius 2 is 1.80 bits per heavy atom. The van der Waals surface area contributed by atoms with Gasteiger partial charge in [0.15, 0.2) is 0 Å². The van der Waals surface area contributed by atoms with Crippen molar-refractivity contribution in [1.29, 1.82) is 5.26 Å². The molecule has 0 bridgehead atoms. The number of hydrogen-bond acceptors (Lipinski definition) is 5. The van der Waals surface area contributed by atoms with Gasteiger partial charge in [0.05, 0.1) is 23.5 Å². The molecular formula is C15H16N4O. The lowest BCUT2D eigenvalue weighted by molar-refractivity contribution is -0.00514. The Balaban J connectivity index is 2.11. The van der Waals surface area contributed by atoms with Crippen LogP contribution in [0.1, 0.15) is 19.4 Å². The highest BCUT2D eigenvalue weighted by Gasteiger charge is 2.24. The number of hydrogen-bond donors (Lipinski definition) is 0. The number of morpholine rings is 1. The van der Waals surface area contributed by atoms with E-state index >= 15 is 0 Å². The second-order valence-corrected chi connectivity index (χ2v) is 5.16. The van der Waals surface area contributed by atoms with E-state index in [1.54, 1.807) is 12.4 Å². The predicted octanol–water partition coefficient (Wildman–Crippen LogP) is 2.12. The molecule has 0 radical (unpaired) electrons. The standard InChI is InChI=1S/C15H16N4O/c1-10-8-19(9-11(2)20-10)13-4-3-12(7-16)14-15(13)18-6-5-17-14/h3-6,10-11H,8-9H2,1-2H3/t10-,11-/m1/s1. The summed E-state index contributed by atoms with van der Waals surface area (Å²) in [5, 5.41) is 9.17. The van der Waals surface area contributed by atoms with Crippen LogP contribution in [0.15, 0.2) is 24.5 Å². The first-order valence-corrected chi connectivity index (χ1v) is 6.73. The molecule has 1 aromatic carbocycles. The molecular weight excluding hydrogens is 252 g/mol. The lowest BCUT2D eigenvalue weighted by atomic mass is 10.1. The van der Waals surface area contributed by atoms with Gasteiger partial charge < -0.3 is 9.64 Å². The minimum atomic E-state index is 0.182. The number of nitrogens with zero attached hydrogens (tertiary/aromatic N) is 4. The third kappa shape index (κ3) is 2.19. The maximum atomic E-state index is 9.17. The number of aromatic nitrogens is 2. The maximum absolute atomic E-state index is 9.17. The molecule has 0 spiro atoms. The Morgan fingerprint density at radius 1 is 1.15 bits per heavy atom. The summed E-state index contributed by atoms with van der Waals surface area (Å²) in [5.74, 6) is 0. The summed E-state index contributed by atoms with van der Waals surface area (Å²) in [7, 11) is 0. The Bertz CT molecular complexity index is 669. The summed E-state index contributed by atoms with van der Waals surface area (Å²) in [6.45, 7) is 5.78. The number of rotatable bonds is 1. The molecule has 1 aliphatic rings. The highest BCUT2D eigenvalue weighted by molar-refractivity contribution is 5.91. The van der Waals surface area contributed by atoms with Crippen molar-refractivity contribution in [2.75, 3.05) is 18.0 Å². The third-order valence-electron chi connectivity index (χ3n) is 3.48. The second-order valence-electron chi connectivity index (χ2n) is 5.16. The second kappa shape index (κ2) is 5.06. The van der Waals surface area contributed by atoms with Gasteiger partial charge in [0, 0.05) is 25.5 Å². The van der Waals surface area contributed by atoms with E-state index in [4.69, 9.17) is 10.00 Å². The van der Waals surface area contributed by atoms with Gasteiger partial charge in [-0.3, -0.25) is 9.97 Å². The Kier molecular flexibility index (Phi) is 3.25. The van der Waals surface area contributed by atoms with Crippen molar-refractivity contribution < 1.29 is 4.74 Å². The van der Waals surface area contributed by atoms with Gasteiger partial charge in [-0.15, -0.1) is 0 Å². The first-order valence-electron chi connectivity index (χ1n) is 6.73. The van der Waals surface area contributed by atoms with E-state index in [0.29, 0.717) is 11.1 Å². The molecule has 1 aliphatic heterocycles. The van der Waals surface area contributed by atoms with Crippen LogP contribution in [0.4, 0.5) is 5.69 Å². The van der Waals surface area contributed by atoms with Gasteiger partial charge >= 0.3 is 0 Å². The largest absolute Gasteiger partial charge is 0.372 e. The zero-order valence-corrected chi connectivity index (χ0v) is 11.6. The number of fused-ring (bicyclic) bond motifs is 1. The van der Waals surface area contributed by atoms with Crippen molar-refractivity contribution >= 4 is 16.7 Å². The molecule has 0 aliphatic carbocycles. The molecule has 0 amide bonds. The van der Waals surface area contributed by atoms with Crippen molar-refractivity contribution in [3.8, 4) is 6.07 Å². The average Bonchev–Trinajstić information content (AvgIpc) is 2.45. The zero-order valence-electron chi connectivity index (χ0n) is 11.6. The number of nitriles is 1. The van der Waals surface area contributed by atoms with Crippen LogP contribution in [0.25, 0.3) is 11.0 Å². The van der Waals surface area contributed by atoms with E-state index in [1.807, 2.05) is 12.1 Å². The molecule has 5 nitrogen and oxygen atoms in total. The van der Waals surface area contributed by atoms with Gasteiger partial charge in [-0.25, -0.2) is 0 Å². The Hall–Kier alpha value is -2.19. The quantitative estimate of drug-likeness (QED) is 0.792. The zero-order chi connectivity index (χ0) is 14.1. The highest BCUT2D eigenvalue weighted by Crippen LogP contribution is 2.28. The molecule has 0 saturated carbocycles. The molecule has 20 heavy (non-hydrogen) atoms. The summed E-state index contributed by atoms with van der Waals surface area (Å²) in [5.41, 5.74) is 3.03. The number of benzene rings is 1. The monoisotopic (exact) mass is 268 g/mol. The molecule has 2 aromatic rings. The fraction of sp³-hybridized carbons (Fsp3) is 0.400. The molecule has 0 unspecified atom stereocenters. The Morgan fingerprint density at radius 3 is 2.45 bits per heavy atom. The third-order valence-corrected chi connectivity index (χ3v) is 3.48. The van der Waals surface area contributed by atoms with Crippen LogP contribution in [0.5, 0.6) is 0 Å². The minimum Gasteiger partial charge on any atom is -0.372 e. The molecule has 1 aromatic heterocycles.